The average Bonchev–Trinajstić information content (AvgIpc) is 2.69. The van der Waals surface area contributed by atoms with Crippen LogP contribution in [0.1, 0.15) is 47.6 Å². The minimum atomic E-state index is -0.381. The Balaban J connectivity index is 2.13. The smallest absolute Gasteiger partial charge is 0.0990 e. The van der Waals surface area contributed by atoms with E-state index in [1.54, 1.807) is 11.3 Å². The van der Waals surface area contributed by atoms with Crippen LogP contribution < -0.4 is 0 Å². The number of hydrogen-bond donors (Lipinski definition) is 1. The first-order valence-corrected chi connectivity index (χ1v) is 6.32. The normalized spacial score (nSPS) is 16.4. The molecule has 1 aromatic rings. The van der Waals surface area contributed by atoms with Crippen molar-refractivity contribution in [3.05, 3.63) is 21.4 Å². The van der Waals surface area contributed by atoms with Gasteiger partial charge in [0.2, 0.25) is 0 Å². The first-order valence-electron chi connectivity index (χ1n) is 5.50. The molecule has 1 heterocycles. The molecule has 15 heavy (non-hydrogen) atoms. The van der Waals surface area contributed by atoms with E-state index >= 15 is 0 Å². The van der Waals surface area contributed by atoms with Crippen LogP contribution >= 0.6 is 11.3 Å². The second-order valence-corrected chi connectivity index (χ2v) is 5.12. The van der Waals surface area contributed by atoms with Crippen LogP contribution in [0, 0.1) is 11.8 Å². The lowest BCUT2D eigenvalue weighted by molar-refractivity contribution is 0.188. The van der Waals surface area contributed by atoms with E-state index in [-0.39, 0.29) is 6.10 Å². The van der Waals surface area contributed by atoms with E-state index in [2.05, 4.69) is 17.9 Å². The Labute approximate surface area is 95.1 Å². The van der Waals surface area contributed by atoms with Gasteiger partial charge in [0.1, 0.15) is 0 Å². The number of thiophene rings is 1. The SMILES string of the molecule is CC#CCC(O)c1cc2c(s1)CCCC2. The summed E-state index contributed by atoms with van der Waals surface area (Å²) in [6.45, 7) is 1.81. The maximum atomic E-state index is 9.91. The summed E-state index contributed by atoms with van der Waals surface area (Å²) in [5, 5.41) is 9.91. The maximum absolute atomic E-state index is 9.91. The minimum Gasteiger partial charge on any atom is -0.387 e. The van der Waals surface area contributed by atoms with Gasteiger partial charge in [-0.25, -0.2) is 0 Å². The third kappa shape index (κ3) is 2.42. The molecule has 0 radical (unpaired) electrons. The van der Waals surface area contributed by atoms with Gasteiger partial charge in [-0.3, -0.25) is 0 Å². The van der Waals surface area contributed by atoms with Crippen LogP contribution in [0.15, 0.2) is 6.07 Å². The molecule has 1 aliphatic rings. The Morgan fingerprint density at radius 3 is 3.00 bits per heavy atom. The van der Waals surface area contributed by atoms with Gasteiger partial charge in [0.05, 0.1) is 6.10 Å². The number of hydrogen-bond acceptors (Lipinski definition) is 2. The summed E-state index contributed by atoms with van der Waals surface area (Å²) in [5.74, 6) is 5.76. The number of aryl methyl sites for hydroxylation is 2. The standard InChI is InChI=1S/C13H16OS/c1-2-3-7-11(14)13-9-10-6-4-5-8-12(10)15-13/h9,11,14H,4-8H2,1H3. The molecular weight excluding hydrogens is 204 g/mol. The predicted molar refractivity (Wildman–Crippen MR) is 64.0 cm³/mol. The van der Waals surface area contributed by atoms with E-state index in [1.807, 2.05) is 6.92 Å². The monoisotopic (exact) mass is 220 g/mol. The molecule has 2 rings (SSSR count). The van der Waals surface area contributed by atoms with Crippen molar-refractivity contribution in [2.45, 2.75) is 45.1 Å². The quantitative estimate of drug-likeness (QED) is 0.759. The van der Waals surface area contributed by atoms with Gasteiger partial charge in [0.25, 0.3) is 0 Å². The van der Waals surface area contributed by atoms with Crippen molar-refractivity contribution in [3.63, 3.8) is 0 Å². The molecule has 0 aliphatic heterocycles. The Morgan fingerprint density at radius 2 is 2.27 bits per heavy atom. The van der Waals surface area contributed by atoms with Gasteiger partial charge in [0, 0.05) is 16.2 Å². The van der Waals surface area contributed by atoms with Crippen LogP contribution in [-0.4, -0.2) is 5.11 Å². The Morgan fingerprint density at radius 1 is 1.47 bits per heavy atom. The summed E-state index contributed by atoms with van der Waals surface area (Å²) in [6, 6.07) is 2.18. The molecule has 0 saturated carbocycles. The van der Waals surface area contributed by atoms with Gasteiger partial charge < -0.3 is 5.11 Å². The van der Waals surface area contributed by atoms with E-state index in [0.29, 0.717) is 6.42 Å². The van der Waals surface area contributed by atoms with Gasteiger partial charge in [-0.2, -0.15) is 0 Å². The number of aliphatic hydroxyl groups is 1. The molecule has 0 bridgehead atoms. The van der Waals surface area contributed by atoms with E-state index in [0.717, 1.165) is 4.88 Å². The molecule has 80 valence electrons. The zero-order chi connectivity index (χ0) is 10.7. The molecule has 0 amide bonds. The van der Waals surface area contributed by atoms with E-state index in [9.17, 15) is 5.11 Å². The van der Waals surface area contributed by atoms with E-state index in [1.165, 1.54) is 36.1 Å². The van der Waals surface area contributed by atoms with Crippen molar-refractivity contribution >= 4 is 11.3 Å². The summed E-state index contributed by atoms with van der Waals surface area (Å²) in [7, 11) is 0. The fourth-order valence-electron chi connectivity index (χ4n) is 1.98. The molecule has 1 nitrogen and oxygen atoms in total. The maximum Gasteiger partial charge on any atom is 0.0990 e. The molecule has 1 unspecified atom stereocenters. The molecule has 0 spiro atoms. The van der Waals surface area contributed by atoms with Crippen LogP contribution in [0.25, 0.3) is 0 Å². The van der Waals surface area contributed by atoms with Crippen LogP contribution in [0.3, 0.4) is 0 Å². The van der Waals surface area contributed by atoms with Crippen molar-refractivity contribution in [3.8, 4) is 11.8 Å². The molecule has 1 aromatic heterocycles. The number of fused-ring (bicyclic) bond motifs is 1. The number of aliphatic hydroxyl groups excluding tert-OH is 1. The summed E-state index contributed by atoms with van der Waals surface area (Å²) in [5.41, 5.74) is 1.46. The molecule has 1 N–H and O–H groups in total. The highest BCUT2D eigenvalue weighted by Crippen LogP contribution is 2.33. The lowest BCUT2D eigenvalue weighted by Crippen LogP contribution is -1.96. The minimum absolute atomic E-state index is 0.381. The Kier molecular flexibility index (Phi) is 3.45. The second kappa shape index (κ2) is 4.83. The van der Waals surface area contributed by atoms with Crippen molar-refractivity contribution in [2.75, 3.05) is 0 Å². The van der Waals surface area contributed by atoms with Crippen LogP contribution in [0.2, 0.25) is 0 Å². The van der Waals surface area contributed by atoms with E-state index < -0.39 is 0 Å². The first kappa shape index (κ1) is 10.7. The van der Waals surface area contributed by atoms with Crippen LogP contribution in [0.4, 0.5) is 0 Å². The highest BCUT2D eigenvalue weighted by Gasteiger charge is 2.16. The lowest BCUT2D eigenvalue weighted by Gasteiger charge is -2.08. The summed E-state index contributed by atoms with van der Waals surface area (Å²) < 4.78 is 0. The molecule has 2 heteroatoms. The number of rotatable bonds is 2. The average molecular weight is 220 g/mol. The lowest BCUT2D eigenvalue weighted by atomic mass is 9.99. The summed E-state index contributed by atoms with van der Waals surface area (Å²) in [4.78, 5) is 2.59. The zero-order valence-corrected chi connectivity index (χ0v) is 9.86. The Hall–Kier alpha value is -0.780. The van der Waals surface area contributed by atoms with Crippen molar-refractivity contribution in [1.82, 2.24) is 0 Å². The molecular formula is C13H16OS. The van der Waals surface area contributed by atoms with Crippen molar-refractivity contribution in [2.24, 2.45) is 0 Å². The topological polar surface area (TPSA) is 20.2 Å². The van der Waals surface area contributed by atoms with Gasteiger partial charge in [-0.1, -0.05) is 0 Å². The fourth-order valence-corrected chi connectivity index (χ4v) is 3.22. The van der Waals surface area contributed by atoms with Gasteiger partial charge in [0.15, 0.2) is 0 Å². The third-order valence-corrected chi connectivity index (χ3v) is 4.15. The van der Waals surface area contributed by atoms with Gasteiger partial charge in [-0.15, -0.1) is 23.2 Å². The first-order chi connectivity index (χ1) is 7.31. The van der Waals surface area contributed by atoms with Gasteiger partial charge in [-0.05, 0) is 44.2 Å². The highest BCUT2D eigenvalue weighted by atomic mass is 32.1. The van der Waals surface area contributed by atoms with Crippen LogP contribution in [-0.2, 0) is 12.8 Å². The molecule has 0 aromatic carbocycles. The van der Waals surface area contributed by atoms with E-state index in [4.69, 9.17) is 0 Å². The predicted octanol–water partition coefficient (Wildman–Crippen LogP) is 3.07. The highest BCUT2D eigenvalue weighted by molar-refractivity contribution is 7.12. The van der Waals surface area contributed by atoms with Crippen molar-refractivity contribution < 1.29 is 5.11 Å². The molecule has 0 saturated heterocycles. The molecule has 1 aliphatic carbocycles. The van der Waals surface area contributed by atoms with Crippen LogP contribution in [0.5, 0.6) is 0 Å². The molecule has 1 atom stereocenters. The summed E-state index contributed by atoms with van der Waals surface area (Å²) >= 11 is 1.78. The molecule has 0 fully saturated rings. The second-order valence-electron chi connectivity index (χ2n) is 3.95. The Bertz CT molecular complexity index is 371. The fraction of sp³-hybridized carbons (Fsp3) is 0.538. The largest absolute Gasteiger partial charge is 0.387 e. The summed E-state index contributed by atoms with van der Waals surface area (Å²) in [6.07, 6.45) is 5.18. The zero-order valence-electron chi connectivity index (χ0n) is 9.05. The third-order valence-electron chi connectivity index (χ3n) is 2.82. The van der Waals surface area contributed by atoms with Gasteiger partial charge >= 0.3 is 0 Å². The van der Waals surface area contributed by atoms with Crippen molar-refractivity contribution in [1.29, 1.82) is 0 Å².